The van der Waals surface area contributed by atoms with Crippen molar-refractivity contribution in [2.75, 3.05) is 12.4 Å². The van der Waals surface area contributed by atoms with Gasteiger partial charge in [-0.1, -0.05) is 0 Å². The number of amides is 2. The first-order chi connectivity index (χ1) is 16.0. The largest absolute Gasteiger partial charge is 0.573 e. The number of benzene rings is 1. The fraction of sp³-hybridized carbons (Fsp3) is 0.143. The molecule has 0 spiro atoms. The molecule has 0 atom stereocenters. The van der Waals surface area contributed by atoms with Crippen molar-refractivity contribution >= 4 is 17.5 Å². The van der Waals surface area contributed by atoms with Crippen LogP contribution >= 0.6 is 0 Å². The zero-order valence-electron chi connectivity index (χ0n) is 17.6. The first-order valence-electron chi connectivity index (χ1n) is 9.32. The second-order valence-corrected chi connectivity index (χ2v) is 6.61. The molecule has 2 amide bonds. The number of methoxy groups -OCH3 is 1. The second-order valence-electron chi connectivity index (χ2n) is 6.61. The van der Waals surface area contributed by atoms with Crippen molar-refractivity contribution in [1.82, 2.24) is 9.97 Å². The molecule has 0 bridgehead atoms. The minimum Gasteiger partial charge on any atom is -0.493 e. The highest BCUT2D eigenvalue weighted by Crippen LogP contribution is 2.38. The molecule has 13 heteroatoms. The van der Waals surface area contributed by atoms with Crippen molar-refractivity contribution in [3.63, 3.8) is 0 Å². The van der Waals surface area contributed by atoms with Gasteiger partial charge in [0.25, 0.3) is 11.8 Å². The summed E-state index contributed by atoms with van der Waals surface area (Å²) in [4.78, 5) is 31.7. The van der Waals surface area contributed by atoms with E-state index in [9.17, 15) is 27.2 Å². The lowest BCUT2D eigenvalue weighted by Crippen LogP contribution is -2.18. The fourth-order valence-corrected chi connectivity index (χ4v) is 2.74. The average molecular weight is 480 g/mol. The standard InChI is InChI=1S/C21H16F4N4O5/c1-10-18(22)17(20(31)29-11-5-6-27-13(7-11)19(26)30)16(9-28-10)33-14-4-3-12(8-15(14)32-2)34-21(23,24)25/h3-9H,1-2H3,(H2,26,30)(H,27,29,31). The Morgan fingerprint density at radius 1 is 1.06 bits per heavy atom. The Hall–Kier alpha value is -4.42. The van der Waals surface area contributed by atoms with Crippen LogP contribution in [0.2, 0.25) is 0 Å². The monoisotopic (exact) mass is 480 g/mol. The number of hydrogen-bond acceptors (Lipinski definition) is 7. The Balaban J connectivity index is 1.95. The minimum absolute atomic E-state index is 0.0971. The highest BCUT2D eigenvalue weighted by molar-refractivity contribution is 6.07. The van der Waals surface area contributed by atoms with Crippen LogP contribution in [0.15, 0.2) is 42.7 Å². The van der Waals surface area contributed by atoms with E-state index in [-0.39, 0.29) is 34.3 Å². The molecule has 34 heavy (non-hydrogen) atoms. The predicted octanol–water partition coefficient (Wildman–Crippen LogP) is 3.97. The van der Waals surface area contributed by atoms with Gasteiger partial charge in [0.15, 0.2) is 23.1 Å². The molecule has 3 N–H and O–H groups in total. The first kappa shape index (κ1) is 24.2. The van der Waals surface area contributed by atoms with Crippen LogP contribution in [0.25, 0.3) is 0 Å². The zero-order chi connectivity index (χ0) is 25.0. The predicted molar refractivity (Wildman–Crippen MR) is 109 cm³/mol. The molecule has 0 saturated heterocycles. The molecular weight excluding hydrogens is 464 g/mol. The van der Waals surface area contributed by atoms with E-state index >= 15 is 0 Å². The molecule has 0 saturated carbocycles. The summed E-state index contributed by atoms with van der Waals surface area (Å²) in [5.74, 6) is -4.06. The molecule has 0 fully saturated rings. The van der Waals surface area contributed by atoms with E-state index in [1.807, 2.05) is 0 Å². The molecule has 178 valence electrons. The smallest absolute Gasteiger partial charge is 0.493 e. The van der Waals surface area contributed by atoms with Crippen LogP contribution in [0.4, 0.5) is 23.2 Å². The second kappa shape index (κ2) is 9.60. The minimum atomic E-state index is -4.93. The number of pyridine rings is 2. The van der Waals surface area contributed by atoms with Gasteiger partial charge in [0.05, 0.1) is 19.0 Å². The number of nitrogens with two attached hydrogens (primary N) is 1. The molecule has 0 unspecified atom stereocenters. The highest BCUT2D eigenvalue weighted by Gasteiger charge is 2.31. The molecule has 3 rings (SSSR count). The van der Waals surface area contributed by atoms with Gasteiger partial charge in [0, 0.05) is 18.0 Å². The number of aromatic nitrogens is 2. The summed E-state index contributed by atoms with van der Waals surface area (Å²) in [6.45, 7) is 1.32. The number of rotatable bonds is 7. The lowest BCUT2D eigenvalue weighted by Gasteiger charge is -2.16. The lowest BCUT2D eigenvalue weighted by molar-refractivity contribution is -0.274. The van der Waals surface area contributed by atoms with Crippen molar-refractivity contribution in [1.29, 1.82) is 0 Å². The van der Waals surface area contributed by atoms with Gasteiger partial charge in [-0.25, -0.2) is 4.39 Å². The van der Waals surface area contributed by atoms with Crippen LogP contribution in [0.1, 0.15) is 26.5 Å². The molecule has 3 aromatic rings. The Morgan fingerprint density at radius 2 is 1.79 bits per heavy atom. The molecule has 0 aliphatic heterocycles. The number of nitrogens with zero attached hydrogens (tertiary/aromatic N) is 2. The molecular formula is C21H16F4N4O5. The highest BCUT2D eigenvalue weighted by atomic mass is 19.4. The van der Waals surface area contributed by atoms with E-state index in [0.29, 0.717) is 0 Å². The van der Waals surface area contributed by atoms with Crippen LogP contribution in [0.5, 0.6) is 23.0 Å². The van der Waals surface area contributed by atoms with Gasteiger partial charge in [-0.3, -0.25) is 19.6 Å². The van der Waals surface area contributed by atoms with Gasteiger partial charge in [-0.15, -0.1) is 13.2 Å². The molecule has 9 nitrogen and oxygen atoms in total. The van der Waals surface area contributed by atoms with Crippen LogP contribution in [-0.2, 0) is 0 Å². The molecule has 1 aromatic carbocycles. The van der Waals surface area contributed by atoms with Gasteiger partial charge in [-0.05, 0) is 31.2 Å². The first-order valence-corrected chi connectivity index (χ1v) is 9.32. The number of nitrogens with one attached hydrogen (secondary N) is 1. The lowest BCUT2D eigenvalue weighted by atomic mass is 10.1. The summed E-state index contributed by atoms with van der Waals surface area (Å²) in [6, 6.07) is 5.48. The van der Waals surface area contributed by atoms with E-state index < -0.39 is 35.3 Å². The molecule has 0 aliphatic carbocycles. The van der Waals surface area contributed by atoms with E-state index in [1.54, 1.807) is 0 Å². The molecule has 0 radical (unpaired) electrons. The maximum Gasteiger partial charge on any atom is 0.573 e. The SMILES string of the molecule is COc1cc(OC(F)(F)F)ccc1Oc1cnc(C)c(F)c1C(=O)Nc1ccnc(C(N)=O)c1. The summed E-state index contributed by atoms with van der Waals surface area (Å²) in [5.41, 5.74) is 4.46. The quantitative estimate of drug-likeness (QED) is 0.490. The maximum atomic E-state index is 14.9. The molecule has 2 heterocycles. The van der Waals surface area contributed by atoms with Gasteiger partial charge in [0.1, 0.15) is 17.0 Å². The van der Waals surface area contributed by atoms with E-state index in [2.05, 4.69) is 20.0 Å². The summed E-state index contributed by atoms with van der Waals surface area (Å²) < 4.78 is 66.7. The van der Waals surface area contributed by atoms with Crippen LogP contribution in [0, 0.1) is 12.7 Å². The average Bonchev–Trinajstić information content (AvgIpc) is 2.76. The Kier molecular flexibility index (Phi) is 6.84. The van der Waals surface area contributed by atoms with E-state index in [1.165, 1.54) is 32.4 Å². The molecule has 2 aromatic heterocycles. The van der Waals surface area contributed by atoms with Crippen LogP contribution < -0.4 is 25.3 Å². The number of aryl methyl sites for hydroxylation is 1. The van der Waals surface area contributed by atoms with Crippen LogP contribution in [-0.4, -0.2) is 35.3 Å². The van der Waals surface area contributed by atoms with E-state index in [0.717, 1.165) is 24.4 Å². The maximum absolute atomic E-state index is 14.9. The Morgan fingerprint density at radius 3 is 2.44 bits per heavy atom. The number of carbonyl (C=O) groups is 2. The van der Waals surface area contributed by atoms with Crippen molar-refractivity contribution in [2.45, 2.75) is 13.3 Å². The summed E-state index contributed by atoms with van der Waals surface area (Å²) in [6.07, 6.45) is -2.64. The number of anilines is 1. The third kappa shape index (κ3) is 5.68. The van der Waals surface area contributed by atoms with Crippen molar-refractivity contribution in [3.05, 3.63) is 65.5 Å². The topological polar surface area (TPSA) is 126 Å². The van der Waals surface area contributed by atoms with Gasteiger partial charge in [-0.2, -0.15) is 0 Å². The number of primary amides is 1. The summed E-state index contributed by atoms with van der Waals surface area (Å²) in [5, 5.41) is 2.40. The third-order valence-corrected chi connectivity index (χ3v) is 4.24. The zero-order valence-corrected chi connectivity index (χ0v) is 17.6. The normalized spacial score (nSPS) is 11.0. The number of halogens is 4. The van der Waals surface area contributed by atoms with Crippen molar-refractivity contribution < 1.29 is 41.4 Å². The molecule has 0 aliphatic rings. The van der Waals surface area contributed by atoms with Crippen molar-refractivity contribution in [2.24, 2.45) is 5.73 Å². The summed E-state index contributed by atoms with van der Waals surface area (Å²) in [7, 11) is 1.17. The van der Waals surface area contributed by atoms with Gasteiger partial charge < -0.3 is 25.3 Å². The van der Waals surface area contributed by atoms with Gasteiger partial charge in [0.2, 0.25) is 0 Å². The number of carbonyl (C=O) groups excluding carboxylic acids is 2. The van der Waals surface area contributed by atoms with E-state index in [4.69, 9.17) is 15.2 Å². The number of alkyl halides is 3. The van der Waals surface area contributed by atoms with Crippen molar-refractivity contribution in [3.8, 4) is 23.0 Å². The third-order valence-electron chi connectivity index (χ3n) is 4.24. The summed E-state index contributed by atoms with van der Waals surface area (Å²) >= 11 is 0. The van der Waals surface area contributed by atoms with Gasteiger partial charge >= 0.3 is 6.36 Å². The number of ether oxygens (including phenoxy) is 3. The van der Waals surface area contributed by atoms with Crippen LogP contribution in [0.3, 0.4) is 0 Å². The number of hydrogen-bond donors (Lipinski definition) is 2. The Labute approximate surface area is 189 Å². The Bertz CT molecular complexity index is 1250. The fourth-order valence-electron chi connectivity index (χ4n) is 2.74.